The summed E-state index contributed by atoms with van der Waals surface area (Å²) in [5, 5.41) is 6.58. The van der Waals surface area contributed by atoms with Crippen LogP contribution in [0.4, 0.5) is 0 Å². The molecule has 0 atom stereocenters. The molecule has 4 heteroatoms. The number of benzene rings is 2. The van der Waals surface area contributed by atoms with Gasteiger partial charge in [0.25, 0.3) is 0 Å². The zero-order chi connectivity index (χ0) is 16.3. The van der Waals surface area contributed by atoms with E-state index >= 15 is 0 Å². The molecular weight excluding hydrogens is 286 g/mol. The summed E-state index contributed by atoms with van der Waals surface area (Å²) in [5.41, 5.74) is 3.74. The molecule has 0 amide bonds. The molecule has 23 heavy (non-hydrogen) atoms. The van der Waals surface area contributed by atoms with E-state index in [0.29, 0.717) is 13.2 Å². The van der Waals surface area contributed by atoms with Crippen molar-refractivity contribution in [3.05, 3.63) is 71.3 Å². The Labute approximate surface area is 138 Å². The first-order valence-corrected chi connectivity index (χ1v) is 7.90. The van der Waals surface area contributed by atoms with Crippen molar-refractivity contribution in [2.45, 2.75) is 20.1 Å². The van der Waals surface area contributed by atoms with Crippen molar-refractivity contribution in [3.8, 4) is 0 Å². The predicted octanol–water partition coefficient (Wildman–Crippen LogP) is 2.88. The lowest BCUT2D eigenvalue weighted by molar-refractivity contribution is 0.125. The summed E-state index contributed by atoms with van der Waals surface area (Å²) >= 11 is 0. The summed E-state index contributed by atoms with van der Waals surface area (Å²) in [6.07, 6.45) is 0. The smallest absolute Gasteiger partial charge is 0.191 e. The largest absolute Gasteiger partial charge is 0.375 e. The van der Waals surface area contributed by atoms with Gasteiger partial charge in [-0.3, -0.25) is 4.99 Å². The summed E-state index contributed by atoms with van der Waals surface area (Å²) in [6, 6.07) is 18.5. The molecule has 122 valence electrons. The second kappa shape index (κ2) is 9.64. The Hall–Kier alpha value is -2.33. The van der Waals surface area contributed by atoms with Crippen molar-refractivity contribution in [1.82, 2.24) is 10.6 Å². The van der Waals surface area contributed by atoms with E-state index in [-0.39, 0.29) is 0 Å². The molecule has 0 aliphatic heterocycles. The maximum Gasteiger partial charge on any atom is 0.191 e. The molecule has 0 radical (unpaired) electrons. The summed E-state index contributed by atoms with van der Waals surface area (Å²) in [5.74, 6) is 0.788. The minimum Gasteiger partial charge on any atom is -0.375 e. The van der Waals surface area contributed by atoms with Crippen LogP contribution in [-0.4, -0.2) is 26.2 Å². The Morgan fingerprint density at radius 3 is 2.48 bits per heavy atom. The van der Waals surface area contributed by atoms with Gasteiger partial charge in [-0.1, -0.05) is 54.6 Å². The highest BCUT2D eigenvalue weighted by molar-refractivity contribution is 5.79. The van der Waals surface area contributed by atoms with Crippen LogP contribution < -0.4 is 10.6 Å². The molecule has 0 saturated heterocycles. The molecule has 0 fully saturated rings. The summed E-state index contributed by atoms with van der Waals surface area (Å²) < 4.78 is 5.65. The van der Waals surface area contributed by atoms with E-state index in [1.807, 2.05) is 18.2 Å². The summed E-state index contributed by atoms with van der Waals surface area (Å²) in [4.78, 5) is 4.23. The predicted molar refractivity (Wildman–Crippen MR) is 95.5 cm³/mol. The summed E-state index contributed by atoms with van der Waals surface area (Å²) in [7, 11) is 1.78. The second-order valence-corrected chi connectivity index (χ2v) is 5.32. The highest BCUT2D eigenvalue weighted by Gasteiger charge is 2.00. The average Bonchev–Trinajstić information content (AvgIpc) is 2.59. The van der Waals surface area contributed by atoms with Crippen molar-refractivity contribution in [3.63, 3.8) is 0 Å². The van der Waals surface area contributed by atoms with Gasteiger partial charge in [0.15, 0.2) is 5.96 Å². The van der Waals surface area contributed by atoms with E-state index in [1.165, 1.54) is 16.7 Å². The van der Waals surface area contributed by atoms with E-state index in [9.17, 15) is 0 Å². The first-order valence-electron chi connectivity index (χ1n) is 7.90. The van der Waals surface area contributed by atoms with Crippen LogP contribution in [0.2, 0.25) is 0 Å². The maximum absolute atomic E-state index is 5.65. The zero-order valence-electron chi connectivity index (χ0n) is 13.9. The third kappa shape index (κ3) is 6.12. The molecule has 0 aromatic heterocycles. The SMILES string of the molecule is CN=C(NCCOCc1ccccc1)NCc1ccccc1C. The van der Waals surface area contributed by atoms with E-state index < -0.39 is 0 Å². The van der Waals surface area contributed by atoms with E-state index in [2.05, 4.69) is 58.9 Å². The van der Waals surface area contributed by atoms with Gasteiger partial charge in [-0.15, -0.1) is 0 Å². The number of aryl methyl sites for hydroxylation is 1. The topological polar surface area (TPSA) is 45.7 Å². The van der Waals surface area contributed by atoms with Crippen molar-refractivity contribution in [1.29, 1.82) is 0 Å². The lowest BCUT2D eigenvalue weighted by Gasteiger charge is -2.13. The first-order chi connectivity index (χ1) is 11.3. The lowest BCUT2D eigenvalue weighted by atomic mass is 10.1. The number of nitrogens with zero attached hydrogens (tertiary/aromatic N) is 1. The number of hydrogen-bond donors (Lipinski definition) is 2. The van der Waals surface area contributed by atoms with Crippen LogP contribution >= 0.6 is 0 Å². The summed E-state index contributed by atoms with van der Waals surface area (Å²) in [6.45, 7) is 4.87. The fourth-order valence-electron chi connectivity index (χ4n) is 2.21. The molecule has 0 heterocycles. The van der Waals surface area contributed by atoms with Crippen LogP contribution in [0.3, 0.4) is 0 Å². The standard InChI is InChI=1S/C19H25N3O/c1-16-8-6-7-11-18(16)14-22-19(20-2)21-12-13-23-15-17-9-4-3-5-10-17/h3-11H,12-15H2,1-2H3,(H2,20,21,22). The van der Waals surface area contributed by atoms with Crippen molar-refractivity contribution >= 4 is 5.96 Å². The number of ether oxygens (including phenoxy) is 1. The van der Waals surface area contributed by atoms with Crippen LogP contribution in [0.1, 0.15) is 16.7 Å². The van der Waals surface area contributed by atoms with Gasteiger partial charge in [0.2, 0.25) is 0 Å². The maximum atomic E-state index is 5.65. The van der Waals surface area contributed by atoms with Crippen LogP contribution in [0.5, 0.6) is 0 Å². The van der Waals surface area contributed by atoms with E-state index in [1.54, 1.807) is 7.05 Å². The van der Waals surface area contributed by atoms with Crippen molar-refractivity contribution in [2.75, 3.05) is 20.2 Å². The molecule has 2 aromatic carbocycles. The van der Waals surface area contributed by atoms with Crippen molar-refractivity contribution < 1.29 is 4.74 Å². The fourth-order valence-corrected chi connectivity index (χ4v) is 2.21. The molecule has 0 saturated carbocycles. The van der Waals surface area contributed by atoms with Crippen molar-refractivity contribution in [2.24, 2.45) is 4.99 Å². The molecule has 4 nitrogen and oxygen atoms in total. The molecule has 0 aliphatic rings. The fraction of sp³-hybridized carbons (Fsp3) is 0.316. The molecular formula is C19H25N3O. The highest BCUT2D eigenvalue weighted by atomic mass is 16.5. The van der Waals surface area contributed by atoms with Gasteiger partial charge in [-0.25, -0.2) is 0 Å². The highest BCUT2D eigenvalue weighted by Crippen LogP contribution is 2.05. The molecule has 0 spiro atoms. The van der Waals surface area contributed by atoms with Crippen LogP contribution in [0.15, 0.2) is 59.6 Å². The Balaban J connectivity index is 1.64. The van der Waals surface area contributed by atoms with Crippen LogP contribution in [-0.2, 0) is 17.9 Å². The third-order valence-electron chi connectivity index (χ3n) is 3.58. The van der Waals surface area contributed by atoms with E-state index in [4.69, 9.17) is 4.74 Å². The Morgan fingerprint density at radius 2 is 1.74 bits per heavy atom. The van der Waals surface area contributed by atoms with Gasteiger partial charge in [-0.05, 0) is 23.6 Å². The molecule has 2 rings (SSSR count). The molecule has 0 aliphatic carbocycles. The van der Waals surface area contributed by atoms with Gasteiger partial charge < -0.3 is 15.4 Å². The third-order valence-corrected chi connectivity index (χ3v) is 3.58. The molecule has 0 bridgehead atoms. The van der Waals surface area contributed by atoms with Gasteiger partial charge in [-0.2, -0.15) is 0 Å². The van der Waals surface area contributed by atoms with Crippen LogP contribution in [0.25, 0.3) is 0 Å². The normalized spacial score (nSPS) is 11.3. The number of guanidine groups is 1. The number of hydrogen-bond acceptors (Lipinski definition) is 2. The Bertz CT molecular complexity index is 611. The Morgan fingerprint density at radius 1 is 1.00 bits per heavy atom. The number of rotatable bonds is 7. The molecule has 2 aromatic rings. The quantitative estimate of drug-likeness (QED) is 0.469. The molecule has 0 unspecified atom stereocenters. The van der Waals surface area contributed by atoms with Gasteiger partial charge >= 0.3 is 0 Å². The van der Waals surface area contributed by atoms with Gasteiger partial charge in [0.05, 0.1) is 13.2 Å². The monoisotopic (exact) mass is 311 g/mol. The average molecular weight is 311 g/mol. The Kier molecular flexibility index (Phi) is 7.14. The minimum atomic E-state index is 0.637. The first kappa shape index (κ1) is 17.0. The molecule has 2 N–H and O–H groups in total. The lowest BCUT2D eigenvalue weighted by Crippen LogP contribution is -2.38. The van der Waals surface area contributed by atoms with E-state index in [0.717, 1.165) is 19.0 Å². The van der Waals surface area contributed by atoms with Crippen LogP contribution in [0, 0.1) is 6.92 Å². The zero-order valence-corrected chi connectivity index (χ0v) is 13.9. The number of aliphatic imine (C=N–C) groups is 1. The minimum absolute atomic E-state index is 0.637. The van der Waals surface area contributed by atoms with Gasteiger partial charge in [0.1, 0.15) is 0 Å². The number of nitrogens with one attached hydrogen (secondary N) is 2. The second-order valence-electron chi connectivity index (χ2n) is 5.32. The van der Waals surface area contributed by atoms with Gasteiger partial charge in [0, 0.05) is 20.1 Å².